The highest BCUT2D eigenvalue weighted by Gasteiger charge is 2.21. The first kappa shape index (κ1) is 21.6. The summed E-state index contributed by atoms with van der Waals surface area (Å²) in [6.45, 7) is 5.08. The summed E-state index contributed by atoms with van der Waals surface area (Å²) >= 11 is 0. The van der Waals surface area contributed by atoms with Crippen molar-refractivity contribution < 1.29 is 0 Å². The van der Waals surface area contributed by atoms with E-state index in [0.29, 0.717) is 0 Å². The molecule has 3 aromatic carbocycles. The van der Waals surface area contributed by atoms with Gasteiger partial charge in [0.2, 0.25) is 0 Å². The highest BCUT2D eigenvalue weighted by Crippen LogP contribution is 2.32. The number of anilines is 1. The summed E-state index contributed by atoms with van der Waals surface area (Å²) in [6, 6.07) is 32.4. The van der Waals surface area contributed by atoms with Crippen molar-refractivity contribution in [3.8, 4) is 0 Å². The van der Waals surface area contributed by atoms with Gasteiger partial charge in [-0.2, -0.15) is 0 Å². The Bertz CT molecular complexity index is 1330. The van der Waals surface area contributed by atoms with E-state index in [1.807, 2.05) is 24.8 Å². The zero-order chi connectivity index (χ0) is 23.5. The van der Waals surface area contributed by atoms with Crippen molar-refractivity contribution in [3.05, 3.63) is 126 Å². The van der Waals surface area contributed by atoms with Crippen LogP contribution in [0, 0.1) is 0 Å². The second-order valence-electron chi connectivity index (χ2n) is 9.17. The zero-order valence-electron chi connectivity index (χ0n) is 19.7. The third-order valence-electron chi connectivity index (χ3n) is 6.93. The Balaban J connectivity index is 1.28. The van der Waals surface area contributed by atoms with E-state index < -0.39 is 0 Å². The van der Waals surface area contributed by atoms with Crippen molar-refractivity contribution in [1.82, 2.24) is 19.4 Å². The molecule has 35 heavy (non-hydrogen) atoms. The van der Waals surface area contributed by atoms with Crippen LogP contribution in [0.3, 0.4) is 0 Å². The third-order valence-corrected chi connectivity index (χ3v) is 6.93. The molecule has 0 spiro atoms. The Morgan fingerprint density at radius 3 is 2.11 bits per heavy atom. The normalized spacial score (nSPS) is 14.6. The smallest absolute Gasteiger partial charge is 0.0966 e. The topological polar surface area (TPSA) is 37.2 Å². The molecular formula is C30H29N5. The van der Waals surface area contributed by atoms with Gasteiger partial charge in [0.05, 0.1) is 23.4 Å². The number of rotatable bonds is 6. The van der Waals surface area contributed by atoms with Crippen molar-refractivity contribution in [3.63, 3.8) is 0 Å². The fourth-order valence-corrected chi connectivity index (χ4v) is 5.12. The first-order chi connectivity index (χ1) is 17.3. The molecule has 2 aromatic heterocycles. The maximum Gasteiger partial charge on any atom is 0.0966 e. The lowest BCUT2D eigenvalue weighted by Gasteiger charge is -2.36. The van der Waals surface area contributed by atoms with Crippen LogP contribution in [-0.4, -0.2) is 45.6 Å². The van der Waals surface area contributed by atoms with Crippen LogP contribution in [0.25, 0.3) is 11.0 Å². The van der Waals surface area contributed by atoms with Gasteiger partial charge >= 0.3 is 0 Å². The van der Waals surface area contributed by atoms with Crippen LogP contribution < -0.4 is 4.90 Å². The molecule has 5 aromatic rings. The largest absolute Gasteiger partial charge is 0.369 e. The number of hydrogen-bond donors (Lipinski definition) is 0. The molecule has 0 N–H and O–H groups in total. The number of nitrogens with zero attached hydrogens (tertiary/aromatic N) is 5. The van der Waals surface area contributed by atoms with Gasteiger partial charge in [-0.05, 0) is 41.0 Å². The van der Waals surface area contributed by atoms with Gasteiger partial charge in [-0.1, -0.05) is 66.7 Å². The van der Waals surface area contributed by atoms with E-state index in [4.69, 9.17) is 4.98 Å². The Morgan fingerprint density at radius 2 is 1.46 bits per heavy atom. The van der Waals surface area contributed by atoms with Crippen LogP contribution in [0.1, 0.15) is 22.7 Å². The average molecular weight is 460 g/mol. The molecule has 1 aliphatic rings. The van der Waals surface area contributed by atoms with Crippen LogP contribution in [0.4, 0.5) is 5.69 Å². The Labute approximate surface area is 206 Å². The third kappa shape index (κ3) is 4.55. The molecule has 0 bridgehead atoms. The van der Waals surface area contributed by atoms with Crippen LogP contribution >= 0.6 is 0 Å². The summed E-state index contributed by atoms with van der Waals surface area (Å²) in [5, 5.41) is 0. The van der Waals surface area contributed by atoms with Crippen LogP contribution in [0.2, 0.25) is 0 Å². The van der Waals surface area contributed by atoms with Gasteiger partial charge < -0.3 is 9.47 Å². The quantitative estimate of drug-likeness (QED) is 0.341. The van der Waals surface area contributed by atoms with E-state index >= 15 is 0 Å². The Kier molecular flexibility index (Phi) is 5.99. The van der Waals surface area contributed by atoms with Gasteiger partial charge in [-0.3, -0.25) is 9.88 Å². The van der Waals surface area contributed by atoms with E-state index in [1.165, 1.54) is 22.4 Å². The van der Waals surface area contributed by atoms with Crippen molar-refractivity contribution in [2.24, 2.45) is 0 Å². The van der Waals surface area contributed by atoms with Crippen LogP contribution in [-0.2, 0) is 6.54 Å². The highest BCUT2D eigenvalue weighted by molar-refractivity contribution is 5.80. The molecule has 0 radical (unpaired) electrons. The zero-order valence-corrected chi connectivity index (χ0v) is 19.7. The standard InChI is InChI=1S/C30H29N5/c1-3-9-25(10-4-1)30(26-11-5-2-6-12-26)35-23-32-28-14-13-27(20-29(28)35)34-18-16-33(17-19-34)22-24-8-7-15-31-21-24/h1-15,20-21,23,30H,16-19,22H2. The fourth-order valence-electron chi connectivity index (χ4n) is 5.12. The molecule has 0 aliphatic carbocycles. The first-order valence-corrected chi connectivity index (χ1v) is 12.3. The summed E-state index contributed by atoms with van der Waals surface area (Å²) in [5.41, 5.74) is 7.25. The molecule has 5 heteroatoms. The van der Waals surface area contributed by atoms with Gasteiger partial charge in [0.15, 0.2) is 0 Å². The number of aromatic nitrogens is 3. The summed E-state index contributed by atoms with van der Waals surface area (Å²) in [4.78, 5) is 14.0. The van der Waals surface area contributed by atoms with E-state index in [9.17, 15) is 0 Å². The number of fused-ring (bicyclic) bond motifs is 1. The molecule has 1 saturated heterocycles. The molecule has 1 fully saturated rings. The lowest BCUT2D eigenvalue weighted by Crippen LogP contribution is -2.46. The lowest BCUT2D eigenvalue weighted by molar-refractivity contribution is 0.249. The molecule has 0 atom stereocenters. The first-order valence-electron chi connectivity index (χ1n) is 12.3. The van der Waals surface area contributed by atoms with Crippen molar-refractivity contribution in [2.75, 3.05) is 31.1 Å². The molecule has 0 unspecified atom stereocenters. The second-order valence-corrected chi connectivity index (χ2v) is 9.17. The number of pyridine rings is 1. The minimum absolute atomic E-state index is 0.0778. The van der Waals surface area contributed by atoms with E-state index in [-0.39, 0.29) is 6.04 Å². The molecule has 0 saturated carbocycles. The fraction of sp³-hybridized carbons (Fsp3) is 0.200. The molecule has 6 rings (SSSR count). The minimum Gasteiger partial charge on any atom is -0.369 e. The number of benzene rings is 3. The van der Waals surface area contributed by atoms with E-state index in [0.717, 1.165) is 43.8 Å². The molecule has 174 valence electrons. The molecule has 5 nitrogen and oxygen atoms in total. The predicted octanol–water partition coefficient (Wildman–Crippen LogP) is 5.39. The minimum atomic E-state index is 0.0778. The monoisotopic (exact) mass is 459 g/mol. The number of piperazine rings is 1. The summed E-state index contributed by atoms with van der Waals surface area (Å²) < 4.78 is 2.32. The van der Waals surface area contributed by atoms with Crippen LogP contribution in [0.5, 0.6) is 0 Å². The van der Waals surface area contributed by atoms with Gasteiger partial charge in [-0.15, -0.1) is 0 Å². The maximum atomic E-state index is 4.77. The van der Waals surface area contributed by atoms with Gasteiger partial charge in [0, 0.05) is 50.8 Å². The lowest BCUT2D eigenvalue weighted by atomic mass is 9.98. The van der Waals surface area contributed by atoms with E-state index in [1.54, 1.807) is 0 Å². The van der Waals surface area contributed by atoms with Crippen molar-refractivity contribution in [1.29, 1.82) is 0 Å². The summed E-state index contributed by atoms with van der Waals surface area (Å²) in [6.07, 6.45) is 5.80. The Morgan fingerprint density at radius 1 is 0.743 bits per heavy atom. The highest BCUT2D eigenvalue weighted by atomic mass is 15.3. The molecule has 0 amide bonds. The molecular weight excluding hydrogens is 430 g/mol. The SMILES string of the molecule is c1ccc(C(c2ccccc2)n2cnc3ccc(N4CCN(Cc5cccnc5)CC4)cc32)cc1. The maximum absolute atomic E-state index is 4.77. The van der Waals surface area contributed by atoms with Crippen molar-refractivity contribution in [2.45, 2.75) is 12.6 Å². The van der Waals surface area contributed by atoms with E-state index in [2.05, 4.69) is 104 Å². The van der Waals surface area contributed by atoms with Crippen LogP contribution in [0.15, 0.2) is 110 Å². The summed E-state index contributed by atoms with van der Waals surface area (Å²) in [5.74, 6) is 0. The van der Waals surface area contributed by atoms with Gasteiger partial charge in [0.1, 0.15) is 0 Å². The molecule has 1 aliphatic heterocycles. The van der Waals surface area contributed by atoms with Gasteiger partial charge in [-0.25, -0.2) is 4.98 Å². The second kappa shape index (κ2) is 9.72. The predicted molar refractivity (Wildman–Crippen MR) is 142 cm³/mol. The average Bonchev–Trinajstić information content (AvgIpc) is 3.34. The Hall–Kier alpha value is -3.96. The molecule has 3 heterocycles. The van der Waals surface area contributed by atoms with Crippen molar-refractivity contribution >= 4 is 16.7 Å². The van der Waals surface area contributed by atoms with Gasteiger partial charge in [0.25, 0.3) is 0 Å². The summed E-state index contributed by atoms with van der Waals surface area (Å²) in [7, 11) is 0. The number of hydrogen-bond acceptors (Lipinski definition) is 4. The number of imidazole rings is 1.